The van der Waals surface area contributed by atoms with Crippen LogP contribution in [-0.4, -0.2) is 55.3 Å². The van der Waals surface area contributed by atoms with Crippen LogP contribution in [0.2, 0.25) is 0 Å². The molecule has 1 aromatic carbocycles. The summed E-state index contributed by atoms with van der Waals surface area (Å²) in [7, 11) is 5.44. The van der Waals surface area contributed by atoms with Crippen LogP contribution in [0.1, 0.15) is 18.4 Å². The lowest BCUT2D eigenvalue weighted by atomic mass is 10.0. The number of halogens is 1. The van der Waals surface area contributed by atoms with Crippen LogP contribution in [0.25, 0.3) is 0 Å². The normalized spacial score (nSPS) is 17.8. The molecule has 1 unspecified atom stereocenters. The maximum absolute atomic E-state index is 5.52. The number of anilines is 1. The fourth-order valence-electron chi connectivity index (χ4n) is 3.42. The second-order valence-corrected chi connectivity index (χ2v) is 7.43. The molecular formula is C19H25BrN4O2. The van der Waals surface area contributed by atoms with Crippen molar-refractivity contribution < 1.29 is 9.47 Å². The summed E-state index contributed by atoms with van der Waals surface area (Å²) in [6.07, 6.45) is 3.86. The second-order valence-electron chi connectivity index (χ2n) is 6.52. The quantitative estimate of drug-likeness (QED) is 0.713. The van der Waals surface area contributed by atoms with Gasteiger partial charge in [-0.05, 0) is 37.6 Å². The largest absolute Gasteiger partial charge is 0.496 e. The van der Waals surface area contributed by atoms with Gasteiger partial charge in [0, 0.05) is 42.3 Å². The molecule has 2 heterocycles. The van der Waals surface area contributed by atoms with E-state index in [1.165, 1.54) is 5.56 Å². The molecule has 0 radical (unpaired) electrons. The van der Waals surface area contributed by atoms with Crippen molar-refractivity contribution in [2.45, 2.75) is 25.4 Å². The predicted molar refractivity (Wildman–Crippen MR) is 106 cm³/mol. The van der Waals surface area contributed by atoms with E-state index in [0.29, 0.717) is 11.9 Å². The van der Waals surface area contributed by atoms with Gasteiger partial charge in [-0.15, -0.1) is 0 Å². The van der Waals surface area contributed by atoms with Crippen molar-refractivity contribution in [1.29, 1.82) is 0 Å². The molecule has 0 bridgehead atoms. The number of methoxy groups -OCH3 is 2. The summed E-state index contributed by atoms with van der Waals surface area (Å²) in [5.74, 6) is 2.42. The van der Waals surface area contributed by atoms with Crippen LogP contribution in [0.15, 0.2) is 35.1 Å². The third kappa shape index (κ3) is 4.45. The number of likely N-dealkylation sites (N-methyl/N-ethyl adjacent to an activating group) is 1. The van der Waals surface area contributed by atoms with Crippen LogP contribution >= 0.6 is 15.9 Å². The van der Waals surface area contributed by atoms with Crippen molar-refractivity contribution in [2.75, 3.05) is 39.3 Å². The van der Waals surface area contributed by atoms with Gasteiger partial charge in [0.1, 0.15) is 17.9 Å². The lowest BCUT2D eigenvalue weighted by molar-refractivity contribution is 0.196. The predicted octanol–water partition coefficient (Wildman–Crippen LogP) is 3.36. The van der Waals surface area contributed by atoms with Gasteiger partial charge in [0.15, 0.2) is 0 Å². The van der Waals surface area contributed by atoms with Crippen LogP contribution in [0.3, 0.4) is 0 Å². The van der Waals surface area contributed by atoms with Gasteiger partial charge in [0.25, 0.3) is 0 Å². The molecule has 0 amide bonds. The highest BCUT2D eigenvalue weighted by Crippen LogP contribution is 2.27. The fourth-order valence-corrected chi connectivity index (χ4v) is 3.83. The Hall–Kier alpha value is -1.86. The molecule has 1 aliphatic rings. The third-order valence-electron chi connectivity index (χ3n) is 4.86. The van der Waals surface area contributed by atoms with Crippen LogP contribution in [0.5, 0.6) is 11.6 Å². The molecule has 7 heteroatoms. The summed E-state index contributed by atoms with van der Waals surface area (Å²) in [5.41, 5.74) is 1.20. The molecule has 0 N–H and O–H groups in total. The molecule has 1 aliphatic heterocycles. The molecule has 0 saturated carbocycles. The van der Waals surface area contributed by atoms with E-state index in [2.05, 4.69) is 48.8 Å². The molecule has 0 spiro atoms. The van der Waals surface area contributed by atoms with Crippen LogP contribution < -0.4 is 14.4 Å². The van der Waals surface area contributed by atoms with Gasteiger partial charge in [0.2, 0.25) is 5.88 Å². The molecule has 2 aromatic rings. The van der Waals surface area contributed by atoms with Gasteiger partial charge >= 0.3 is 0 Å². The molecule has 26 heavy (non-hydrogen) atoms. The Bertz CT molecular complexity index is 743. The molecule has 3 rings (SSSR count). The van der Waals surface area contributed by atoms with Crippen molar-refractivity contribution in [3.05, 3.63) is 40.6 Å². The van der Waals surface area contributed by atoms with Gasteiger partial charge in [-0.25, -0.2) is 9.97 Å². The van der Waals surface area contributed by atoms with E-state index in [1.54, 1.807) is 20.5 Å². The van der Waals surface area contributed by atoms with Gasteiger partial charge in [-0.1, -0.05) is 15.9 Å². The minimum atomic E-state index is 0.404. The number of piperidine rings is 1. The van der Waals surface area contributed by atoms with E-state index < -0.39 is 0 Å². The summed E-state index contributed by atoms with van der Waals surface area (Å²) in [5, 5.41) is 0. The number of ether oxygens (including phenoxy) is 2. The smallest absolute Gasteiger partial charge is 0.218 e. The minimum Gasteiger partial charge on any atom is -0.496 e. The van der Waals surface area contributed by atoms with E-state index in [-0.39, 0.29) is 0 Å². The maximum atomic E-state index is 5.52. The van der Waals surface area contributed by atoms with Crippen molar-refractivity contribution in [2.24, 2.45) is 0 Å². The molecular weight excluding hydrogens is 396 g/mol. The number of hydrogen-bond donors (Lipinski definition) is 0. The Labute approximate surface area is 163 Å². The number of hydrogen-bond acceptors (Lipinski definition) is 6. The monoisotopic (exact) mass is 420 g/mol. The highest BCUT2D eigenvalue weighted by molar-refractivity contribution is 9.10. The average molecular weight is 421 g/mol. The van der Waals surface area contributed by atoms with Crippen molar-refractivity contribution in [3.63, 3.8) is 0 Å². The van der Waals surface area contributed by atoms with Gasteiger partial charge in [0.05, 0.1) is 14.2 Å². The molecule has 1 fully saturated rings. The third-order valence-corrected chi connectivity index (χ3v) is 5.36. The number of nitrogens with zero attached hydrogens (tertiary/aromatic N) is 4. The Balaban J connectivity index is 1.70. The Morgan fingerprint density at radius 1 is 1.23 bits per heavy atom. The van der Waals surface area contributed by atoms with Gasteiger partial charge in [-0.3, -0.25) is 4.90 Å². The van der Waals surface area contributed by atoms with Crippen LogP contribution in [0, 0.1) is 0 Å². The average Bonchev–Trinajstić information content (AvgIpc) is 2.68. The molecule has 1 atom stereocenters. The molecule has 0 aliphatic carbocycles. The van der Waals surface area contributed by atoms with Gasteiger partial charge < -0.3 is 14.4 Å². The highest BCUT2D eigenvalue weighted by atomic mass is 79.9. The van der Waals surface area contributed by atoms with E-state index in [0.717, 1.165) is 48.5 Å². The van der Waals surface area contributed by atoms with E-state index in [4.69, 9.17) is 9.47 Å². The SMILES string of the molecule is COc1cc(N(C)C2CCCN(Cc3cc(Br)ccc3OC)C2)ncn1. The first-order valence-corrected chi connectivity index (χ1v) is 9.53. The summed E-state index contributed by atoms with van der Waals surface area (Å²) in [4.78, 5) is 13.2. The summed E-state index contributed by atoms with van der Waals surface area (Å²) < 4.78 is 11.8. The topological polar surface area (TPSA) is 50.7 Å². The van der Waals surface area contributed by atoms with E-state index >= 15 is 0 Å². The lowest BCUT2D eigenvalue weighted by Crippen LogP contribution is -2.46. The fraction of sp³-hybridized carbons (Fsp3) is 0.474. The Kier molecular flexibility index (Phi) is 6.32. The number of likely N-dealkylation sites (tertiary alicyclic amines) is 1. The summed E-state index contributed by atoms with van der Waals surface area (Å²) in [6.45, 7) is 2.95. The Morgan fingerprint density at radius 3 is 2.85 bits per heavy atom. The van der Waals surface area contributed by atoms with Crippen molar-refractivity contribution >= 4 is 21.7 Å². The summed E-state index contributed by atoms with van der Waals surface area (Å²) in [6, 6.07) is 8.46. The standard InChI is InChI=1S/C19H25BrN4O2/c1-23(18-10-19(26-3)22-13-21-18)16-5-4-8-24(12-16)11-14-9-15(20)6-7-17(14)25-2/h6-7,9-10,13,16H,4-5,8,11-12H2,1-3H3. The van der Waals surface area contributed by atoms with E-state index in [1.807, 2.05) is 18.2 Å². The summed E-state index contributed by atoms with van der Waals surface area (Å²) >= 11 is 3.56. The van der Waals surface area contributed by atoms with Crippen molar-refractivity contribution in [1.82, 2.24) is 14.9 Å². The number of rotatable bonds is 6. The van der Waals surface area contributed by atoms with E-state index in [9.17, 15) is 0 Å². The molecule has 1 saturated heterocycles. The minimum absolute atomic E-state index is 0.404. The van der Waals surface area contributed by atoms with Crippen molar-refractivity contribution in [3.8, 4) is 11.6 Å². The number of benzene rings is 1. The first-order chi connectivity index (χ1) is 12.6. The molecule has 6 nitrogen and oxygen atoms in total. The zero-order chi connectivity index (χ0) is 18.5. The lowest BCUT2D eigenvalue weighted by Gasteiger charge is -2.38. The maximum Gasteiger partial charge on any atom is 0.218 e. The van der Waals surface area contributed by atoms with Gasteiger partial charge in [-0.2, -0.15) is 0 Å². The van der Waals surface area contributed by atoms with Crippen LogP contribution in [0.4, 0.5) is 5.82 Å². The number of aromatic nitrogens is 2. The molecule has 140 valence electrons. The highest BCUT2D eigenvalue weighted by Gasteiger charge is 2.25. The first-order valence-electron chi connectivity index (χ1n) is 8.74. The first kappa shape index (κ1) is 18.9. The molecule has 1 aromatic heterocycles. The second kappa shape index (κ2) is 8.68. The zero-order valence-corrected chi connectivity index (χ0v) is 17.1. The Morgan fingerprint density at radius 2 is 2.08 bits per heavy atom. The zero-order valence-electron chi connectivity index (χ0n) is 15.5. The van der Waals surface area contributed by atoms with Crippen LogP contribution in [-0.2, 0) is 6.54 Å².